The Morgan fingerprint density at radius 2 is 2.28 bits per heavy atom. The zero-order chi connectivity index (χ0) is 13.0. The number of pyridine rings is 1. The Labute approximate surface area is 106 Å². The van der Waals surface area contributed by atoms with Crippen LogP contribution in [0.3, 0.4) is 0 Å². The van der Waals surface area contributed by atoms with Crippen molar-refractivity contribution >= 4 is 0 Å². The lowest BCUT2D eigenvalue weighted by Crippen LogP contribution is -2.17. The topological polar surface area (TPSA) is 64.9 Å². The quantitative estimate of drug-likeness (QED) is 0.870. The first-order valence-electron chi connectivity index (χ1n) is 5.92. The molecule has 1 atom stereocenters. The summed E-state index contributed by atoms with van der Waals surface area (Å²) in [4.78, 5) is 8.14. The highest BCUT2D eigenvalue weighted by atomic mass is 16.5. The highest BCUT2D eigenvalue weighted by Gasteiger charge is 2.08. The monoisotopic (exact) mass is 247 g/mol. The van der Waals surface area contributed by atoms with Gasteiger partial charge in [-0.15, -0.1) is 5.10 Å². The third kappa shape index (κ3) is 3.04. The lowest BCUT2D eigenvalue weighted by molar-refractivity contribution is 0.421. The largest absolute Gasteiger partial charge is 0.404 e. The van der Waals surface area contributed by atoms with Crippen LogP contribution in [-0.2, 0) is 7.05 Å². The van der Waals surface area contributed by atoms with Crippen molar-refractivity contribution in [1.82, 2.24) is 25.1 Å². The molecule has 2 aromatic heterocycles. The second-order valence-corrected chi connectivity index (χ2v) is 4.01. The summed E-state index contributed by atoms with van der Waals surface area (Å²) in [6.45, 7) is 5.09. The third-order valence-corrected chi connectivity index (χ3v) is 2.54. The molecule has 0 aliphatic carbocycles. The van der Waals surface area contributed by atoms with Gasteiger partial charge in [-0.3, -0.25) is 4.68 Å². The fourth-order valence-corrected chi connectivity index (χ4v) is 1.63. The van der Waals surface area contributed by atoms with Crippen LogP contribution in [0.15, 0.2) is 24.7 Å². The highest BCUT2D eigenvalue weighted by Crippen LogP contribution is 2.19. The number of rotatable bonds is 5. The second kappa shape index (κ2) is 5.59. The average Bonchev–Trinajstić information content (AvgIpc) is 2.75. The van der Waals surface area contributed by atoms with E-state index >= 15 is 0 Å². The average molecular weight is 247 g/mol. The van der Waals surface area contributed by atoms with Crippen molar-refractivity contribution in [3.63, 3.8) is 0 Å². The Kier molecular flexibility index (Phi) is 3.88. The van der Waals surface area contributed by atoms with E-state index in [9.17, 15) is 0 Å². The molecule has 18 heavy (non-hydrogen) atoms. The lowest BCUT2D eigenvalue weighted by Gasteiger charge is -2.12. The number of aromatic nitrogens is 4. The van der Waals surface area contributed by atoms with Gasteiger partial charge in [-0.2, -0.15) is 4.98 Å². The van der Waals surface area contributed by atoms with Gasteiger partial charge >= 0.3 is 6.01 Å². The van der Waals surface area contributed by atoms with Crippen molar-refractivity contribution in [3.05, 3.63) is 30.2 Å². The molecular formula is C12H17N5O. The van der Waals surface area contributed by atoms with Crippen molar-refractivity contribution < 1.29 is 4.74 Å². The van der Waals surface area contributed by atoms with Crippen LogP contribution in [-0.4, -0.2) is 26.3 Å². The van der Waals surface area contributed by atoms with Crippen molar-refractivity contribution in [2.45, 2.75) is 19.9 Å². The smallest absolute Gasteiger partial charge is 0.342 e. The van der Waals surface area contributed by atoms with Crippen LogP contribution in [0.25, 0.3) is 0 Å². The summed E-state index contributed by atoms with van der Waals surface area (Å²) < 4.78 is 7.07. The van der Waals surface area contributed by atoms with E-state index in [2.05, 4.69) is 34.2 Å². The molecule has 0 fully saturated rings. The van der Waals surface area contributed by atoms with Gasteiger partial charge in [-0.1, -0.05) is 6.92 Å². The Morgan fingerprint density at radius 1 is 1.44 bits per heavy atom. The SMILES string of the molecule is CCNC(C)c1ccnc(Oc2ncn(C)n2)c1. The van der Waals surface area contributed by atoms with Crippen LogP contribution in [0.1, 0.15) is 25.5 Å². The molecule has 96 valence electrons. The third-order valence-electron chi connectivity index (χ3n) is 2.54. The van der Waals surface area contributed by atoms with Crippen LogP contribution < -0.4 is 10.1 Å². The van der Waals surface area contributed by atoms with E-state index in [4.69, 9.17) is 4.74 Å². The van der Waals surface area contributed by atoms with Gasteiger partial charge in [0.15, 0.2) is 0 Å². The maximum Gasteiger partial charge on any atom is 0.342 e. The first-order valence-corrected chi connectivity index (χ1v) is 5.92. The minimum atomic E-state index is 0.261. The summed E-state index contributed by atoms with van der Waals surface area (Å²) in [6.07, 6.45) is 3.31. The van der Waals surface area contributed by atoms with E-state index < -0.39 is 0 Å². The molecule has 1 unspecified atom stereocenters. The Hall–Kier alpha value is -1.95. The first kappa shape index (κ1) is 12.5. The number of aryl methyl sites for hydroxylation is 1. The molecule has 0 bridgehead atoms. The molecule has 2 rings (SSSR count). The molecule has 0 aliphatic heterocycles. The van der Waals surface area contributed by atoms with Gasteiger partial charge < -0.3 is 10.1 Å². The van der Waals surface area contributed by atoms with Crippen molar-refractivity contribution in [2.75, 3.05) is 6.54 Å². The van der Waals surface area contributed by atoms with Crippen LogP contribution in [0, 0.1) is 0 Å². The van der Waals surface area contributed by atoms with Gasteiger partial charge in [0.05, 0.1) is 0 Å². The number of nitrogens with zero attached hydrogens (tertiary/aromatic N) is 4. The normalized spacial score (nSPS) is 12.4. The molecule has 1 N–H and O–H groups in total. The maximum atomic E-state index is 5.49. The molecule has 0 saturated carbocycles. The molecule has 0 spiro atoms. The molecule has 6 heteroatoms. The fraction of sp³-hybridized carbons (Fsp3) is 0.417. The Balaban J connectivity index is 2.12. The molecule has 6 nitrogen and oxygen atoms in total. The van der Waals surface area contributed by atoms with E-state index in [1.54, 1.807) is 24.3 Å². The minimum Gasteiger partial charge on any atom is -0.404 e. The second-order valence-electron chi connectivity index (χ2n) is 4.01. The van der Waals surface area contributed by atoms with Crippen LogP contribution >= 0.6 is 0 Å². The summed E-state index contributed by atoms with van der Waals surface area (Å²) in [5.74, 6) is 0.503. The highest BCUT2D eigenvalue weighted by molar-refractivity contribution is 5.24. The summed E-state index contributed by atoms with van der Waals surface area (Å²) in [7, 11) is 1.79. The van der Waals surface area contributed by atoms with Crippen molar-refractivity contribution in [3.8, 4) is 11.9 Å². The van der Waals surface area contributed by atoms with Gasteiger partial charge in [-0.05, 0) is 25.1 Å². The van der Waals surface area contributed by atoms with E-state index in [-0.39, 0.29) is 6.04 Å². The summed E-state index contributed by atoms with van der Waals surface area (Å²) in [5, 5.41) is 7.38. The van der Waals surface area contributed by atoms with E-state index in [0.29, 0.717) is 11.9 Å². The molecule has 0 amide bonds. The fourth-order valence-electron chi connectivity index (χ4n) is 1.63. The van der Waals surface area contributed by atoms with E-state index in [0.717, 1.165) is 12.1 Å². The van der Waals surface area contributed by atoms with Gasteiger partial charge in [0.2, 0.25) is 5.88 Å². The minimum absolute atomic E-state index is 0.261. The molecule has 2 heterocycles. The van der Waals surface area contributed by atoms with Crippen molar-refractivity contribution in [1.29, 1.82) is 0 Å². The zero-order valence-corrected chi connectivity index (χ0v) is 10.8. The van der Waals surface area contributed by atoms with Gasteiger partial charge in [0.1, 0.15) is 6.33 Å². The predicted octanol–water partition coefficient (Wildman–Crippen LogP) is 1.67. The standard InChI is InChI=1S/C12H17N5O/c1-4-13-9(2)10-5-6-14-11(7-10)18-12-15-8-17(3)16-12/h5-9,13H,4H2,1-3H3. The molecule has 2 aromatic rings. The summed E-state index contributed by atoms with van der Waals surface area (Å²) in [5.41, 5.74) is 1.12. The number of nitrogens with one attached hydrogen (secondary N) is 1. The number of ether oxygens (including phenoxy) is 1. The summed E-state index contributed by atoms with van der Waals surface area (Å²) >= 11 is 0. The van der Waals surface area contributed by atoms with E-state index in [1.165, 1.54) is 0 Å². The predicted molar refractivity (Wildman–Crippen MR) is 67.4 cm³/mol. The molecule has 0 aliphatic rings. The first-order chi connectivity index (χ1) is 8.69. The Bertz CT molecular complexity index is 511. The van der Waals surface area contributed by atoms with E-state index in [1.807, 2.05) is 12.1 Å². The number of hydrogen-bond acceptors (Lipinski definition) is 5. The van der Waals surface area contributed by atoms with Gasteiger partial charge in [-0.25, -0.2) is 4.98 Å². The Morgan fingerprint density at radius 3 is 2.94 bits per heavy atom. The molecule has 0 saturated heterocycles. The zero-order valence-electron chi connectivity index (χ0n) is 10.8. The van der Waals surface area contributed by atoms with Crippen LogP contribution in [0.5, 0.6) is 11.9 Å². The van der Waals surface area contributed by atoms with Gasteiger partial charge in [0, 0.05) is 25.4 Å². The number of hydrogen-bond donors (Lipinski definition) is 1. The van der Waals surface area contributed by atoms with Crippen molar-refractivity contribution in [2.24, 2.45) is 7.05 Å². The molecular weight excluding hydrogens is 230 g/mol. The molecule has 0 aromatic carbocycles. The summed E-state index contributed by atoms with van der Waals surface area (Å²) in [6, 6.07) is 4.42. The van der Waals surface area contributed by atoms with Gasteiger partial charge in [0.25, 0.3) is 0 Å². The molecule has 0 radical (unpaired) electrons. The van der Waals surface area contributed by atoms with Crippen LogP contribution in [0.2, 0.25) is 0 Å². The van der Waals surface area contributed by atoms with Crippen LogP contribution in [0.4, 0.5) is 0 Å². The maximum absolute atomic E-state index is 5.49. The lowest BCUT2D eigenvalue weighted by atomic mass is 10.1.